The number of hydrogen-bond donors (Lipinski definition) is 0. The standard InChI is InChI=1S/C19H14N2O7S2.Na/c22-17-14(10-12-6-4-5-9-20-12)18-21(17)16(19(23)24)15(11-29(18,25)26)30(27,28)13-7-2-1-3-8-13;/h1-10,18H,11H2,(H,23,24);/q;+1/p-1/b14-10-;/t18-;/m1./s1. The summed E-state index contributed by atoms with van der Waals surface area (Å²) in [6.07, 6.45) is 2.68. The van der Waals surface area contributed by atoms with E-state index < -0.39 is 53.3 Å². The summed E-state index contributed by atoms with van der Waals surface area (Å²) in [4.78, 5) is 27.7. The molecule has 2 aliphatic heterocycles. The zero-order chi connectivity index (χ0) is 21.7. The van der Waals surface area contributed by atoms with Crippen LogP contribution in [0.5, 0.6) is 0 Å². The number of fused-ring (bicyclic) bond motifs is 1. The number of hydrogen-bond acceptors (Lipinski definition) is 8. The van der Waals surface area contributed by atoms with E-state index in [0.29, 0.717) is 10.6 Å². The van der Waals surface area contributed by atoms with Crippen molar-refractivity contribution < 1.29 is 61.1 Å². The number of benzene rings is 1. The molecule has 2 aromatic rings. The maximum absolute atomic E-state index is 13.0. The molecule has 154 valence electrons. The quantitative estimate of drug-likeness (QED) is 0.256. The Labute approximate surface area is 200 Å². The summed E-state index contributed by atoms with van der Waals surface area (Å²) in [5, 5.41) is 10.2. The zero-order valence-corrected chi connectivity index (χ0v) is 19.8. The summed E-state index contributed by atoms with van der Waals surface area (Å²) < 4.78 is 51.7. The largest absolute Gasteiger partial charge is 1.00 e. The SMILES string of the molecule is O=C([O-])C1=C(S(=O)(=O)c2ccccc2)CS(=O)(=O)[C@@H]2/C(=C\c3ccccn3)C(=O)N12.[Na+]. The molecular formula is C19H13N2NaO7S2. The molecular weight excluding hydrogens is 455 g/mol. The third kappa shape index (κ3) is 3.87. The molecule has 1 fully saturated rings. The number of aliphatic carboxylic acids is 1. The van der Waals surface area contributed by atoms with E-state index in [1.54, 1.807) is 24.3 Å². The van der Waals surface area contributed by atoms with E-state index in [4.69, 9.17) is 0 Å². The second kappa shape index (κ2) is 8.32. The van der Waals surface area contributed by atoms with E-state index in [1.807, 2.05) is 0 Å². The van der Waals surface area contributed by atoms with Gasteiger partial charge in [0.1, 0.15) is 0 Å². The van der Waals surface area contributed by atoms with Crippen LogP contribution in [0, 0.1) is 0 Å². The third-order valence-electron chi connectivity index (χ3n) is 4.71. The Kier molecular flexibility index (Phi) is 6.27. The first-order valence-electron chi connectivity index (χ1n) is 8.57. The molecule has 1 saturated heterocycles. The zero-order valence-electron chi connectivity index (χ0n) is 16.1. The van der Waals surface area contributed by atoms with Crippen molar-refractivity contribution in [3.05, 3.63) is 76.6 Å². The van der Waals surface area contributed by atoms with E-state index in [0.717, 1.165) is 0 Å². The second-order valence-electron chi connectivity index (χ2n) is 6.56. The number of carboxylic acids is 1. The van der Waals surface area contributed by atoms with E-state index in [9.17, 15) is 31.5 Å². The number of nitrogens with zero attached hydrogens (tertiary/aromatic N) is 2. The average Bonchev–Trinajstić information content (AvgIpc) is 2.72. The van der Waals surface area contributed by atoms with Crippen molar-refractivity contribution in [1.29, 1.82) is 0 Å². The van der Waals surface area contributed by atoms with Crippen molar-refractivity contribution in [2.45, 2.75) is 10.3 Å². The molecule has 31 heavy (non-hydrogen) atoms. The maximum atomic E-state index is 13.0. The van der Waals surface area contributed by atoms with Gasteiger partial charge in [0.15, 0.2) is 15.2 Å². The molecule has 3 heterocycles. The predicted octanol–water partition coefficient (Wildman–Crippen LogP) is -3.50. The molecule has 0 N–H and O–H groups in total. The van der Waals surface area contributed by atoms with E-state index >= 15 is 0 Å². The van der Waals surface area contributed by atoms with Crippen LogP contribution in [-0.4, -0.2) is 49.7 Å². The van der Waals surface area contributed by atoms with Gasteiger partial charge in [-0.3, -0.25) is 14.7 Å². The fourth-order valence-corrected chi connectivity index (χ4v) is 7.46. The monoisotopic (exact) mass is 468 g/mol. The van der Waals surface area contributed by atoms with E-state index in [-0.39, 0.29) is 40.0 Å². The predicted molar refractivity (Wildman–Crippen MR) is 102 cm³/mol. The van der Waals surface area contributed by atoms with Crippen LogP contribution in [0.25, 0.3) is 6.08 Å². The molecule has 0 bridgehead atoms. The summed E-state index contributed by atoms with van der Waals surface area (Å²) >= 11 is 0. The van der Waals surface area contributed by atoms with Gasteiger partial charge in [-0.05, 0) is 30.3 Å². The van der Waals surface area contributed by atoms with Crippen molar-refractivity contribution in [2.24, 2.45) is 0 Å². The molecule has 1 aromatic heterocycles. The number of sulfone groups is 2. The number of aromatic nitrogens is 1. The van der Waals surface area contributed by atoms with Gasteiger partial charge >= 0.3 is 29.6 Å². The second-order valence-corrected chi connectivity index (χ2v) is 10.6. The molecule has 1 atom stereocenters. The van der Waals surface area contributed by atoms with Crippen molar-refractivity contribution in [3.8, 4) is 0 Å². The van der Waals surface area contributed by atoms with Crippen LogP contribution in [-0.2, 0) is 29.3 Å². The molecule has 0 saturated carbocycles. The van der Waals surface area contributed by atoms with Gasteiger partial charge in [0.2, 0.25) is 9.84 Å². The van der Waals surface area contributed by atoms with Gasteiger partial charge < -0.3 is 9.90 Å². The molecule has 1 amide bonds. The topological polar surface area (TPSA) is 142 Å². The van der Waals surface area contributed by atoms with Gasteiger partial charge in [-0.2, -0.15) is 0 Å². The Morgan fingerprint density at radius 3 is 2.35 bits per heavy atom. The molecule has 0 radical (unpaired) electrons. The van der Waals surface area contributed by atoms with Crippen LogP contribution in [0.3, 0.4) is 0 Å². The first kappa shape index (κ1) is 23.4. The number of pyridine rings is 1. The number of carboxylic acid groups (broad SMARTS) is 1. The van der Waals surface area contributed by atoms with Gasteiger partial charge in [-0.15, -0.1) is 0 Å². The fraction of sp³-hybridized carbons (Fsp3) is 0.105. The molecule has 0 aliphatic carbocycles. The molecule has 2 aliphatic rings. The molecule has 0 spiro atoms. The number of carbonyl (C=O) groups is 2. The molecule has 9 nitrogen and oxygen atoms in total. The summed E-state index contributed by atoms with van der Waals surface area (Å²) in [6, 6.07) is 11.6. The van der Waals surface area contributed by atoms with Crippen molar-refractivity contribution in [3.63, 3.8) is 0 Å². The Hall–Kier alpha value is -2.31. The summed E-state index contributed by atoms with van der Waals surface area (Å²) in [5.74, 6) is -3.95. The minimum atomic E-state index is -4.50. The third-order valence-corrected chi connectivity index (χ3v) is 8.60. The van der Waals surface area contributed by atoms with Crippen LogP contribution >= 0.6 is 0 Å². The number of amides is 1. The van der Waals surface area contributed by atoms with Gasteiger partial charge in [0.25, 0.3) is 5.91 Å². The van der Waals surface area contributed by atoms with Crippen LogP contribution in [0.1, 0.15) is 5.69 Å². The molecule has 0 unspecified atom stereocenters. The summed E-state index contributed by atoms with van der Waals surface area (Å²) in [5.41, 5.74) is -0.845. The molecule has 4 rings (SSSR count). The van der Waals surface area contributed by atoms with Crippen LogP contribution in [0.15, 0.2) is 75.8 Å². The smallest absolute Gasteiger partial charge is 0.543 e. The first-order chi connectivity index (χ1) is 14.1. The molecule has 1 aromatic carbocycles. The van der Waals surface area contributed by atoms with E-state index in [1.165, 1.54) is 36.5 Å². The summed E-state index contributed by atoms with van der Waals surface area (Å²) in [7, 11) is -8.75. The fourth-order valence-electron chi connectivity index (χ4n) is 3.37. The average molecular weight is 468 g/mol. The van der Waals surface area contributed by atoms with E-state index in [2.05, 4.69) is 4.98 Å². The van der Waals surface area contributed by atoms with Gasteiger partial charge in [0, 0.05) is 6.20 Å². The van der Waals surface area contributed by atoms with Crippen molar-refractivity contribution in [2.75, 3.05) is 5.75 Å². The number of carbonyl (C=O) groups excluding carboxylic acids is 2. The van der Waals surface area contributed by atoms with Gasteiger partial charge in [-0.25, -0.2) is 16.8 Å². The van der Waals surface area contributed by atoms with Crippen LogP contribution in [0.2, 0.25) is 0 Å². The Bertz CT molecular complexity index is 1340. The first-order valence-corrected chi connectivity index (χ1v) is 11.8. The van der Waals surface area contributed by atoms with Crippen molar-refractivity contribution >= 4 is 37.6 Å². The van der Waals surface area contributed by atoms with Gasteiger partial charge in [0.05, 0.1) is 38.5 Å². The number of rotatable bonds is 4. The Morgan fingerprint density at radius 1 is 1.13 bits per heavy atom. The Morgan fingerprint density at radius 2 is 1.77 bits per heavy atom. The molecule has 12 heteroatoms. The number of β-lactam (4-membered cyclic amide) rings is 1. The minimum absolute atomic E-state index is 0. The summed E-state index contributed by atoms with van der Waals surface area (Å²) in [6.45, 7) is 0. The maximum Gasteiger partial charge on any atom is 1.00 e. The van der Waals surface area contributed by atoms with Gasteiger partial charge in [-0.1, -0.05) is 24.3 Å². The van der Waals surface area contributed by atoms with Crippen LogP contribution in [0.4, 0.5) is 0 Å². The normalized spacial score (nSPS) is 21.2. The minimum Gasteiger partial charge on any atom is -0.543 e. The Balaban J connectivity index is 0.00000272. The van der Waals surface area contributed by atoms with Crippen LogP contribution < -0.4 is 34.7 Å². The van der Waals surface area contributed by atoms with Crippen molar-refractivity contribution in [1.82, 2.24) is 9.88 Å².